The summed E-state index contributed by atoms with van der Waals surface area (Å²) in [5.74, 6) is -7.34. The topological polar surface area (TPSA) is 245 Å². The predicted octanol–water partition coefficient (Wildman–Crippen LogP) is -2.38. The van der Waals surface area contributed by atoms with Gasteiger partial charge < -0.3 is 42.1 Å². The van der Waals surface area contributed by atoms with Crippen molar-refractivity contribution >= 4 is 35.6 Å². The van der Waals surface area contributed by atoms with E-state index in [0.29, 0.717) is 0 Å². The van der Waals surface area contributed by atoms with Crippen molar-refractivity contribution in [3.63, 3.8) is 0 Å². The highest BCUT2D eigenvalue weighted by Gasteiger charge is 2.32. The third-order valence-electron chi connectivity index (χ3n) is 4.44. The normalized spacial score (nSPS) is 15.5. The fraction of sp³-hybridized carbons (Fsp3) is 0.684. The summed E-state index contributed by atoms with van der Waals surface area (Å²) < 4.78 is 0. The van der Waals surface area contributed by atoms with Crippen molar-refractivity contribution in [3.8, 4) is 0 Å². The summed E-state index contributed by atoms with van der Waals surface area (Å²) in [7, 11) is 0. The Morgan fingerprint density at radius 2 is 1.24 bits per heavy atom. The van der Waals surface area contributed by atoms with E-state index in [2.05, 4.69) is 10.6 Å². The fourth-order valence-electron chi connectivity index (χ4n) is 2.65. The summed E-state index contributed by atoms with van der Waals surface area (Å²) in [4.78, 5) is 70.5. The molecule has 0 spiro atoms. The van der Waals surface area contributed by atoms with Crippen LogP contribution in [0.1, 0.15) is 46.5 Å². The first-order valence-electron chi connectivity index (χ1n) is 10.2. The number of hydrogen-bond donors (Lipinski definition) is 8. The third-order valence-corrected chi connectivity index (χ3v) is 4.44. The lowest BCUT2D eigenvalue weighted by atomic mass is 10.0. The highest BCUT2D eigenvalue weighted by Crippen LogP contribution is 2.08. The molecule has 3 amide bonds. The monoisotopic (exact) mass is 476 g/mol. The van der Waals surface area contributed by atoms with E-state index in [1.807, 2.05) is 5.32 Å². The van der Waals surface area contributed by atoms with Crippen LogP contribution in [0.3, 0.4) is 0 Å². The van der Waals surface area contributed by atoms with Crippen LogP contribution in [0.25, 0.3) is 0 Å². The van der Waals surface area contributed by atoms with Crippen LogP contribution in [0.4, 0.5) is 0 Å². The average Bonchev–Trinajstić information content (AvgIpc) is 2.67. The van der Waals surface area contributed by atoms with Gasteiger partial charge >= 0.3 is 17.9 Å². The van der Waals surface area contributed by atoms with Gasteiger partial charge in [-0.15, -0.1) is 0 Å². The number of nitrogens with one attached hydrogen (secondary N) is 3. The molecule has 0 aliphatic carbocycles. The molecule has 0 rings (SSSR count). The molecule has 0 radical (unpaired) electrons. The van der Waals surface area contributed by atoms with E-state index < -0.39 is 85.2 Å². The molecule has 0 aromatic heterocycles. The Morgan fingerprint density at radius 1 is 0.758 bits per heavy atom. The van der Waals surface area contributed by atoms with Crippen LogP contribution >= 0.6 is 0 Å². The summed E-state index contributed by atoms with van der Waals surface area (Å²) in [6.45, 7) is 4.78. The number of carbonyl (C=O) groups excluding carboxylic acids is 3. The summed E-state index contributed by atoms with van der Waals surface area (Å²) in [5, 5.41) is 42.9. The first-order chi connectivity index (χ1) is 15.1. The van der Waals surface area contributed by atoms with E-state index in [1.54, 1.807) is 13.8 Å². The molecule has 14 heteroatoms. The van der Waals surface area contributed by atoms with Crippen molar-refractivity contribution in [3.05, 3.63) is 0 Å². The Hall–Kier alpha value is -3.26. The Bertz CT molecular complexity index is 740. The van der Waals surface area contributed by atoms with E-state index in [9.17, 15) is 33.9 Å². The number of nitrogens with two attached hydrogens (primary N) is 1. The van der Waals surface area contributed by atoms with Gasteiger partial charge in [0.15, 0.2) is 0 Å². The molecule has 5 atom stereocenters. The predicted molar refractivity (Wildman–Crippen MR) is 112 cm³/mol. The number of rotatable bonds is 15. The van der Waals surface area contributed by atoms with Gasteiger partial charge in [0, 0.05) is 6.42 Å². The summed E-state index contributed by atoms with van der Waals surface area (Å²) >= 11 is 0. The SMILES string of the molecule is CC(C)CC(NC(=O)C(N)C(C)O)C(=O)NC(CCC(=O)O)C(=O)NC(CC(=O)O)C(=O)O. The van der Waals surface area contributed by atoms with Crippen molar-refractivity contribution in [1.82, 2.24) is 16.0 Å². The number of carboxylic acids is 3. The largest absolute Gasteiger partial charge is 0.481 e. The van der Waals surface area contributed by atoms with Gasteiger partial charge in [0.05, 0.1) is 12.5 Å². The average molecular weight is 476 g/mol. The van der Waals surface area contributed by atoms with Crippen molar-refractivity contribution in [2.75, 3.05) is 0 Å². The molecular formula is C19H32N4O10. The van der Waals surface area contributed by atoms with Crippen LogP contribution in [-0.2, 0) is 28.8 Å². The van der Waals surface area contributed by atoms with Crippen LogP contribution in [0.15, 0.2) is 0 Å². The zero-order chi connectivity index (χ0) is 25.9. The van der Waals surface area contributed by atoms with Gasteiger partial charge in [0.1, 0.15) is 24.2 Å². The first-order valence-corrected chi connectivity index (χ1v) is 10.2. The van der Waals surface area contributed by atoms with E-state index in [-0.39, 0.29) is 12.3 Å². The van der Waals surface area contributed by atoms with Crippen LogP contribution in [0, 0.1) is 5.92 Å². The maximum Gasteiger partial charge on any atom is 0.326 e. The molecule has 188 valence electrons. The number of aliphatic hydroxyl groups excluding tert-OH is 1. The molecule has 14 nitrogen and oxygen atoms in total. The molecule has 9 N–H and O–H groups in total. The Labute approximate surface area is 189 Å². The highest BCUT2D eigenvalue weighted by atomic mass is 16.4. The minimum atomic E-state index is -1.81. The molecule has 0 aromatic carbocycles. The first kappa shape index (κ1) is 29.7. The van der Waals surface area contributed by atoms with Crippen molar-refractivity contribution in [2.45, 2.75) is 76.7 Å². The van der Waals surface area contributed by atoms with E-state index in [4.69, 9.17) is 21.1 Å². The Kier molecular flexibility index (Phi) is 12.6. The second-order valence-electron chi connectivity index (χ2n) is 7.95. The van der Waals surface area contributed by atoms with Crippen molar-refractivity contribution in [1.29, 1.82) is 0 Å². The molecule has 0 aliphatic rings. The van der Waals surface area contributed by atoms with Gasteiger partial charge in [-0.05, 0) is 25.7 Å². The van der Waals surface area contributed by atoms with Crippen molar-refractivity contribution < 1.29 is 49.2 Å². The minimum Gasteiger partial charge on any atom is -0.481 e. The lowest BCUT2D eigenvalue weighted by molar-refractivity contribution is -0.147. The molecule has 0 aliphatic heterocycles. The van der Waals surface area contributed by atoms with E-state index in [1.165, 1.54) is 6.92 Å². The molecule has 0 fully saturated rings. The zero-order valence-electron chi connectivity index (χ0n) is 18.6. The number of aliphatic hydroxyl groups is 1. The van der Waals surface area contributed by atoms with Crippen LogP contribution in [-0.4, -0.2) is 86.3 Å². The number of carboxylic acid groups (broad SMARTS) is 3. The Balaban J connectivity index is 5.61. The smallest absolute Gasteiger partial charge is 0.326 e. The molecule has 33 heavy (non-hydrogen) atoms. The maximum absolute atomic E-state index is 12.8. The molecule has 0 bridgehead atoms. The molecular weight excluding hydrogens is 444 g/mol. The second-order valence-corrected chi connectivity index (χ2v) is 7.95. The third kappa shape index (κ3) is 11.8. The summed E-state index contributed by atoms with van der Waals surface area (Å²) in [6.07, 6.45) is -3.03. The van der Waals surface area contributed by atoms with Gasteiger partial charge in [-0.2, -0.15) is 0 Å². The Morgan fingerprint density at radius 3 is 1.67 bits per heavy atom. The summed E-state index contributed by atoms with van der Waals surface area (Å²) in [5.41, 5.74) is 5.57. The van der Waals surface area contributed by atoms with Gasteiger partial charge in [-0.3, -0.25) is 24.0 Å². The number of amides is 3. The quantitative estimate of drug-likeness (QED) is 0.124. The van der Waals surface area contributed by atoms with Crippen molar-refractivity contribution in [2.24, 2.45) is 11.7 Å². The maximum atomic E-state index is 12.8. The zero-order valence-corrected chi connectivity index (χ0v) is 18.6. The van der Waals surface area contributed by atoms with Crippen LogP contribution < -0.4 is 21.7 Å². The number of hydrogen-bond acceptors (Lipinski definition) is 8. The fourth-order valence-corrected chi connectivity index (χ4v) is 2.65. The highest BCUT2D eigenvalue weighted by molar-refractivity contribution is 5.94. The van der Waals surface area contributed by atoms with Gasteiger partial charge in [0.2, 0.25) is 17.7 Å². The lowest BCUT2D eigenvalue weighted by Crippen LogP contribution is -2.58. The second kappa shape index (κ2) is 14.0. The minimum absolute atomic E-state index is 0.105. The van der Waals surface area contributed by atoms with Gasteiger partial charge in [-0.25, -0.2) is 4.79 Å². The molecule has 0 heterocycles. The van der Waals surface area contributed by atoms with Gasteiger partial charge in [-0.1, -0.05) is 13.8 Å². The molecule has 5 unspecified atom stereocenters. The molecule has 0 aromatic rings. The van der Waals surface area contributed by atoms with Gasteiger partial charge in [0.25, 0.3) is 0 Å². The molecule has 0 saturated heterocycles. The molecule has 0 saturated carbocycles. The van der Waals surface area contributed by atoms with Crippen LogP contribution in [0.2, 0.25) is 0 Å². The van der Waals surface area contributed by atoms with Crippen LogP contribution in [0.5, 0.6) is 0 Å². The number of carbonyl (C=O) groups is 6. The van der Waals surface area contributed by atoms with E-state index in [0.717, 1.165) is 0 Å². The standard InChI is InChI=1S/C19H32N4O10/c1-8(2)6-11(22-18(31)15(20)9(3)24)17(30)21-10(4-5-13(25)26)16(29)23-12(19(32)33)7-14(27)28/h8-12,15,24H,4-7,20H2,1-3H3,(H,21,30)(H,22,31)(H,23,29)(H,25,26)(H,27,28)(H,32,33). The van der Waals surface area contributed by atoms with E-state index >= 15 is 0 Å². The summed E-state index contributed by atoms with van der Waals surface area (Å²) in [6, 6.07) is -5.86. The number of aliphatic carboxylic acids is 3. The lowest BCUT2D eigenvalue weighted by Gasteiger charge is -2.26.